The first-order chi connectivity index (χ1) is 11.3. The molecule has 120 valence electrons. The highest BCUT2D eigenvalue weighted by Gasteiger charge is 2.29. The zero-order valence-corrected chi connectivity index (χ0v) is 13.1. The van der Waals surface area contributed by atoms with Crippen molar-refractivity contribution in [3.63, 3.8) is 0 Å². The Labute approximate surface area is 135 Å². The Kier molecular flexibility index (Phi) is 3.83. The molecule has 1 fully saturated rings. The number of rotatable bonds is 2. The summed E-state index contributed by atoms with van der Waals surface area (Å²) in [5.74, 6) is 0.293. The van der Waals surface area contributed by atoms with Crippen LogP contribution in [-0.2, 0) is 12.8 Å². The second-order valence-electron chi connectivity index (χ2n) is 6.33. The fourth-order valence-electron chi connectivity index (χ4n) is 3.74. The number of piperazine rings is 1. The van der Waals surface area contributed by atoms with E-state index in [0.717, 1.165) is 39.0 Å². The third-order valence-corrected chi connectivity index (χ3v) is 5.06. The van der Waals surface area contributed by atoms with Gasteiger partial charge in [0, 0.05) is 32.2 Å². The van der Waals surface area contributed by atoms with Gasteiger partial charge in [0.25, 0.3) is 5.91 Å². The van der Waals surface area contributed by atoms with Crippen LogP contribution in [0.2, 0.25) is 0 Å². The van der Waals surface area contributed by atoms with Crippen molar-refractivity contribution in [1.29, 1.82) is 0 Å². The number of amides is 1. The molecule has 2 heterocycles. The maximum atomic E-state index is 12.3. The van der Waals surface area contributed by atoms with Crippen LogP contribution < -0.4 is 0 Å². The Morgan fingerprint density at radius 3 is 2.65 bits per heavy atom. The van der Waals surface area contributed by atoms with E-state index in [1.54, 1.807) is 0 Å². The second-order valence-corrected chi connectivity index (χ2v) is 6.33. The predicted molar refractivity (Wildman–Crippen MR) is 86.1 cm³/mol. The van der Waals surface area contributed by atoms with Gasteiger partial charge in [-0.1, -0.05) is 24.3 Å². The molecule has 1 amide bonds. The summed E-state index contributed by atoms with van der Waals surface area (Å²) in [5, 5.41) is 6.41. The van der Waals surface area contributed by atoms with Gasteiger partial charge in [0.05, 0.1) is 0 Å². The molecule has 1 aromatic carbocycles. The Balaban J connectivity index is 1.36. The number of aromatic amines is 1. The smallest absolute Gasteiger partial charge is 0.291 e. The summed E-state index contributed by atoms with van der Waals surface area (Å²) in [6.07, 6.45) is 4.89. The summed E-state index contributed by atoms with van der Waals surface area (Å²) in [7, 11) is 0. The summed E-state index contributed by atoms with van der Waals surface area (Å²) in [6.45, 7) is 3.40. The lowest BCUT2D eigenvalue weighted by Gasteiger charge is -2.40. The van der Waals surface area contributed by atoms with E-state index in [-0.39, 0.29) is 5.91 Å². The van der Waals surface area contributed by atoms with E-state index in [1.165, 1.54) is 23.9 Å². The molecule has 0 bridgehead atoms. The molecule has 1 aliphatic heterocycles. The zero-order chi connectivity index (χ0) is 15.6. The van der Waals surface area contributed by atoms with E-state index >= 15 is 0 Å². The molecule has 0 spiro atoms. The number of hydrogen-bond donors (Lipinski definition) is 1. The minimum absolute atomic E-state index is 0.0452. The normalized spacial score (nSPS) is 21.9. The molecule has 0 saturated carbocycles. The molecule has 0 radical (unpaired) electrons. The van der Waals surface area contributed by atoms with Crippen molar-refractivity contribution in [2.45, 2.75) is 25.3 Å². The van der Waals surface area contributed by atoms with Crippen LogP contribution >= 0.6 is 0 Å². The molecule has 6 heteroatoms. The molecule has 1 unspecified atom stereocenters. The van der Waals surface area contributed by atoms with Crippen LogP contribution in [0.5, 0.6) is 0 Å². The first-order valence-corrected chi connectivity index (χ1v) is 8.27. The molecule has 1 atom stereocenters. The largest absolute Gasteiger partial charge is 0.333 e. The maximum Gasteiger partial charge on any atom is 0.291 e. The standard InChI is InChI=1S/C17H21N5O/c23-17(16-18-12-19-20-16)22-9-7-21(8-10-22)15-6-5-13-3-1-2-4-14(13)11-15/h1-4,12,15H,5-11H2,(H,18,19,20). The van der Waals surface area contributed by atoms with Crippen molar-refractivity contribution in [3.05, 3.63) is 47.5 Å². The molecule has 2 aromatic rings. The van der Waals surface area contributed by atoms with Crippen LogP contribution in [0.15, 0.2) is 30.6 Å². The van der Waals surface area contributed by atoms with Gasteiger partial charge >= 0.3 is 0 Å². The van der Waals surface area contributed by atoms with Gasteiger partial charge in [-0.3, -0.25) is 14.8 Å². The van der Waals surface area contributed by atoms with Crippen LogP contribution in [-0.4, -0.2) is 63.1 Å². The van der Waals surface area contributed by atoms with Crippen molar-refractivity contribution < 1.29 is 4.79 Å². The third-order valence-electron chi connectivity index (χ3n) is 5.06. The Morgan fingerprint density at radius 1 is 1.13 bits per heavy atom. The predicted octanol–water partition coefficient (Wildman–Crippen LogP) is 1.12. The molecular weight excluding hydrogens is 290 g/mol. The highest BCUT2D eigenvalue weighted by molar-refractivity contribution is 5.90. The molecule has 1 saturated heterocycles. The number of H-pyrrole nitrogens is 1. The summed E-state index contributed by atoms with van der Waals surface area (Å²) < 4.78 is 0. The van der Waals surface area contributed by atoms with Crippen LogP contribution in [0.25, 0.3) is 0 Å². The molecule has 4 rings (SSSR count). The molecule has 23 heavy (non-hydrogen) atoms. The van der Waals surface area contributed by atoms with Gasteiger partial charge in [0.15, 0.2) is 0 Å². The second kappa shape index (κ2) is 6.12. The van der Waals surface area contributed by atoms with Gasteiger partial charge in [-0.15, -0.1) is 0 Å². The van der Waals surface area contributed by atoms with Crippen LogP contribution in [0.1, 0.15) is 28.2 Å². The number of aryl methyl sites for hydroxylation is 1. The number of hydrogen-bond acceptors (Lipinski definition) is 4. The van der Waals surface area contributed by atoms with Crippen LogP contribution in [0, 0.1) is 0 Å². The molecule has 1 N–H and O–H groups in total. The lowest BCUT2D eigenvalue weighted by Crippen LogP contribution is -2.53. The van der Waals surface area contributed by atoms with E-state index in [4.69, 9.17) is 0 Å². The molecule has 1 aliphatic carbocycles. The van der Waals surface area contributed by atoms with Gasteiger partial charge in [-0.25, -0.2) is 4.98 Å². The summed E-state index contributed by atoms with van der Waals surface area (Å²) in [4.78, 5) is 20.6. The van der Waals surface area contributed by atoms with Gasteiger partial charge in [-0.05, 0) is 30.4 Å². The van der Waals surface area contributed by atoms with Crippen LogP contribution in [0.4, 0.5) is 0 Å². The highest BCUT2D eigenvalue weighted by atomic mass is 16.2. The Hall–Kier alpha value is -2.21. The Morgan fingerprint density at radius 2 is 1.91 bits per heavy atom. The number of fused-ring (bicyclic) bond motifs is 1. The first kappa shape index (κ1) is 14.4. The lowest BCUT2D eigenvalue weighted by molar-refractivity contribution is 0.0542. The third kappa shape index (κ3) is 2.86. The number of benzene rings is 1. The van der Waals surface area contributed by atoms with E-state index in [2.05, 4.69) is 44.3 Å². The van der Waals surface area contributed by atoms with Crippen molar-refractivity contribution in [3.8, 4) is 0 Å². The molecule has 2 aliphatic rings. The van der Waals surface area contributed by atoms with E-state index in [1.807, 2.05) is 4.90 Å². The van der Waals surface area contributed by atoms with E-state index < -0.39 is 0 Å². The minimum atomic E-state index is -0.0452. The summed E-state index contributed by atoms with van der Waals surface area (Å²) >= 11 is 0. The van der Waals surface area contributed by atoms with Crippen molar-refractivity contribution >= 4 is 5.91 Å². The Bertz CT molecular complexity index is 676. The quantitative estimate of drug-likeness (QED) is 0.903. The topological polar surface area (TPSA) is 65.1 Å². The van der Waals surface area contributed by atoms with Crippen molar-refractivity contribution in [2.24, 2.45) is 0 Å². The summed E-state index contributed by atoms with van der Waals surface area (Å²) in [6, 6.07) is 9.37. The molecule has 1 aromatic heterocycles. The summed E-state index contributed by atoms with van der Waals surface area (Å²) in [5.41, 5.74) is 2.99. The number of aromatic nitrogens is 3. The minimum Gasteiger partial charge on any atom is -0.333 e. The number of nitrogens with one attached hydrogen (secondary N) is 1. The number of carbonyl (C=O) groups excluding carboxylic acids is 1. The molecular formula is C17H21N5O. The van der Waals surface area contributed by atoms with E-state index in [0.29, 0.717) is 11.9 Å². The maximum absolute atomic E-state index is 12.3. The van der Waals surface area contributed by atoms with Gasteiger partial charge in [0.1, 0.15) is 6.33 Å². The average molecular weight is 311 g/mol. The van der Waals surface area contributed by atoms with Gasteiger partial charge in [0.2, 0.25) is 5.82 Å². The fourth-order valence-corrected chi connectivity index (χ4v) is 3.74. The van der Waals surface area contributed by atoms with Crippen molar-refractivity contribution in [2.75, 3.05) is 26.2 Å². The monoisotopic (exact) mass is 311 g/mol. The number of nitrogens with zero attached hydrogens (tertiary/aromatic N) is 4. The van der Waals surface area contributed by atoms with Crippen LogP contribution in [0.3, 0.4) is 0 Å². The van der Waals surface area contributed by atoms with E-state index in [9.17, 15) is 4.79 Å². The first-order valence-electron chi connectivity index (χ1n) is 8.27. The van der Waals surface area contributed by atoms with Gasteiger partial charge in [-0.2, -0.15) is 5.10 Å². The number of carbonyl (C=O) groups is 1. The zero-order valence-electron chi connectivity index (χ0n) is 13.1. The van der Waals surface area contributed by atoms with Gasteiger partial charge < -0.3 is 4.90 Å². The average Bonchev–Trinajstić information content (AvgIpc) is 3.15. The lowest BCUT2D eigenvalue weighted by atomic mass is 9.87. The highest BCUT2D eigenvalue weighted by Crippen LogP contribution is 2.25. The SMILES string of the molecule is O=C(c1ncn[nH]1)N1CCN(C2CCc3ccccc3C2)CC1. The molecule has 6 nitrogen and oxygen atoms in total. The van der Waals surface area contributed by atoms with Crippen molar-refractivity contribution in [1.82, 2.24) is 25.0 Å². The fraction of sp³-hybridized carbons (Fsp3) is 0.471.